The maximum Gasteiger partial charge on any atom is 0.225 e. The number of carbonyl (C=O) groups excluding carboxylic acids is 1. The van der Waals surface area contributed by atoms with Gasteiger partial charge in [-0.1, -0.05) is 12.8 Å². The summed E-state index contributed by atoms with van der Waals surface area (Å²) in [5.41, 5.74) is 0.589. The molecule has 0 saturated heterocycles. The normalized spacial score (nSPS) is 23.6. The highest BCUT2D eigenvalue weighted by molar-refractivity contribution is 5.91. The predicted octanol–water partition coefficient (Wildman–Crippen LogP) is 2.44. The van der Waals surface area contributed by atoms with Crippen LogP contribution in [-0.4, -0.2) is 29.2 Å². The van der Waals surface area contributed by atoms with Crippen LogP contribution < -0.4 is 10.6 Å². The van der Waals surface area contributed by atoms with Gasteiger partial charge in [0.25, 0.3) is 0 Å². The Hall–Kier alpha value is -1.46. The van der Waals surface area contributed by atoms with Gasteiger partial charge in [-0.25, -0.2) is 4.39 Å². The summed E-state index contributed by atoms with van der Waals surface area (Å²) in [6.45, 7) is 1.94. The van der Waals surface area contributed by atoms with E-state index in [1.165, 1.54) is 24.3 Å². The third-order valence-corrected chi connectivity index (χ3v) is 3.85. The molecule has 1 amide bonds. The molecule has 0 aromatic heterocycles. The zero-order valence-corrected chi connectivity index (χ0v) is 12.3. The number of anilines is 1. The Balaban J connectivity index is 1.77. The summed E-state index contributed by atoms with van der Waals surface area (Å²) in [6.07, 6.45) is 3.96. The van der Waals surface area contributed by atoms with Gasteiger partial charge in [-0.3, -0.25) is 4.79 Å². The molecule has 0 aliphatic heterocycles. The average molecular weight is 294 g/mol. The van der Waals surface area contributed by atoms with Crippen LogP contribution in [-0.2, 0) is 4.79 Å². The van der Waals surface area contributed by atoms with Gasteiger partial charge in [0.05, 0.1) is 6.10 Å². The second-order valence-corrected chi connectivity index (χ2v) is 5.79. The van der Waals surface area contributed by atoms with Crippen molar-refractivity contribution in [3.63, 3.8) is 0 Å². The number of halogens is 1. The van der Waals surface area contributed by atoms with E-state index in [0.717, 1.165) is 25.7 Å². The monoisotopic (exact) mass is 294 g/mol. The van der Waals surface area contributed by atoms with Crippen LogP contribution in [0.15, 0.2) is 24.3 Å². The molecule has 3 N–H and O–H groups in total. The number of rotatable bonds is 5. The molecule has 0 heterocycles. The van der Waals surface area contributed by atoms with Crippen LogP contribution in [0.2, 0.25) is 0 Å². The van der Waals surface area contributed by atoms with Crippen molar-refractivity contribution in [2.45, 2.75) is 57.2 Å². The molecule has 1 aliphatic carbocycles. The van der Waals surface area contributed by atoms with Gasteiger partial charge >= 0.3 is 0 Å². The fourth-order valence-corrected chi connectivity index (χ4v) is 2.75. The molecule has 116 valence electrons. The molecule has 1 aromatic carbocycles. The van der Waals surface area contributed by atoms with Crippen LogP contribution in [0.4, 0.5) is 10.1 Å². The Labute approximate surface area is 124 Å². The van der Waals surface area contributed by atoms with Gasteiger partial charge in [-0.2, -0.15) is 0 Å². The Bertz CT molecular complexity index is 464. The Kier molecular flexibility index (Phi) is 5.70. The van der Waals surface area contributed by atoms with Crippen molar-refractivity contribution in [3.8, 4) is 0 Å². The van der Waals surface area contributed by atoms with E-state index in [4.69, 9.17) is 0 Å². The fourth-order valence-electron chi connectivity index (χ4n) is 2.75. The summed E-state index contributed by atoms with van der Waals surface area (Å²) in [5, 5.41) is 16.0. The number of nitrogens with one attached hydrogen (secondary N) is 2. The SMILES string of the molecule is CC(CC(=O)Nc1ccc(F)cc1)NC1CCCCC1O. The number of amides is 1. The second-order valence-electron chi connectivity index (χ2n) is 5.79. The highest BCUT2D eigenvalue weighted by atomic mass is 19.1. The second kappa shape index (κ2) is 7.52. The van der Waals surface area contributed by atoms with Gasteiger partial charge in [-0.05, 0) is 44.0 Å². The summed E-state index contributed by atoms with van der Waals surface area (Å²) in [5.74, 6) is -0.443. The summed E-state index contributed by atoms with van der Waals surface area (Å²) >= 11 is 0. The third-order valence-electron chi connectivity index (χ3n) is 3.85. The predicted molar refractivity (Wildman–Crippen MR) is 80.5 cm³/mol. The van der Waals surface area contributed by atoms with Crippen LogP contribution in [0.3, 0.4) is 0 Å². The van der Waals surface area contributed by atoms with Gasteiger partial charge in [0.2, 0.25) is 5.91 Å². The zero-order valence-electron chi connectivity index (χ0n) is 12.3. The van der Waals surface area contributed by atoms with Gasteiger partial charge in [-0.15, -0.1) is 0 Å². The highest BCUT2D eigenvalue weighted by Gasteiger charge is 2.24. The van der Waals surface area contributed by atoms with Gasteiger partial charge < -0.3 is 15.7 Å². The Morgan fingerprint density at radius 3 is 2.67 bits per heavy atom. The quantitative estimate of drug-likeness (QED) is 0.781. The van der Waals surface area contributed by atoms with Crippen molar-refractivity contribution in [3.05, 3.63) is 30.1 Å². The Morgan fingerprint density at radius 1 is 1.33 bits per heavy atom. The minimum Gasteiger partial charge on any atom is -0.392 e. The summed E-state index contributed by atoms with van der Waals surface area (Å²) < 4.78 is 12.8. The van der Waals surface area contributed by atoms with E-state index in [9.17, 15) is 14.3 Å². The maximum absolute atomic E-state index is 12.8. The summed E-state index contributed by atoms with van der Waals surface area (Å²) in [6, 6.07) is 5.77. The lowest BCUT2D eigenvalue weighted by molar-refractivity contribution is -0.116. The van der Waals surface area contributed by atoms with Crippen molar-refractivity contribution < 1.29 is 14.3 Å². The third kappa shape index (κ3) is 5.10. The molecule has 1 aliphatic rings. The molecule has 5 heteroatoms. The average Bonchev–Trinajstić information content (AvgIpc) is 2.44. The number of hydrogen-bond donors (Lipinski definition) is 3. The first-order valence-corrected chi connectivity index (χ1v) is 7.54. The molecular weight excluding hydrogens is 271 g/mol. The number of carbonyl (C=O) groups is 1. The van der Waals surface area contributed by atoms with Crippen LogP contribution in [0.1, 0.15) is 39.0 Å². The summed E-state index contributed by atoms with van der Waals surface area (Å²) in [4.78, 5) is 11.9. The van der Waals surface area contributed by atoms with E-state index in [-0.39, 0.29) is 29.9 Å². The van der Waals surface area contributed by atoms with Crippen molar-refractivity contribution >= 4 is 11.6 Å². The molecule has 3 atom stereocenters. The molecule has 21 heavy (non-hydrogen) atoms. The lowest BCUT2D eigenvalue weighted by Crippen LogP contribution is -2.47. The Morgan fingerprint density at radius 2 is 2.00 bits per heavy atom. The smallest absolute Gasteiger partial charge is 0.225 e. The van der Waals surface area contributed by atoms with E-state index in [1.807, 2.05) is 6.92 Å². The lowest BCUT2D eigenvalue weighted by atomic mass is 9.92. The number of benzene rings is 1. The molecular formula is C16H23FN2O2. The molecule has 3 unspecified atom stereocenters. The van der Waals surface area contributed by atoms with Crippen LogP contribution in [0.5, 0.6) is 0 Å². The number of hydrogen-bond acceptors (Lipinski definition) is 3. The number of aliphatic hydroxyl groups excluding tert-OH is 1. The van der Waals surface area contributed by atoms with Crippen molar-refractivity contribution in [1.29, 1.82) is 0 Å². The van der Waals surface area contributed by atoms with Crippen LogP contribution in [0.25, 0.3) is 0 Å². The number of aliphatic hydroxyl groups is 1. The zero-order chi connectivity index (χ0) is 15.2. The molecule has 0 radical (unpaired) electrons. The molecule has 0 spiro atoms. The van der Waals surface area contributed by atoms with Gasteiger partial charge in [0.1, 0.15) is 5.82 Å². The molecule has 2 rings (SSSR count). The minimum absolute atomic E-state index is 0.0109. The van der Waals surface area contributed by atoms with E-state index in [2.05, 4.69) is 10.6 Å². The largest absolute Gasteiger partial charge is 0.392 e. The van der Waals surface area contributed by atoms with Crippen LogP contribution >= 0.6 is 0 Å². The topological polar surface area (TPSA) is 61.4 Å². The van der Waals surface area contributed by atoms with Gasteiger partial charge in [0.15, 0.2) is 0 Å². The van der Waals surface area contributed by atoms with E-state index in [1.54, 1.807) is 0 Å². The van der Waals surface area contributed by atoms with Crippen molar-refractivity contribution in [1.82, 2.24) is 5.32 Å². The molecule has 1 saturated carbocycles. The van der Waals surface area contributed by atoms with Crippen molar-refractivity contribution in [2.75, 3.05) is 5.32 Å². The maximum atomic E-state index is 12.8. The lowest BCUT2D eigenvalue weighted by Gasteiger charge is -2.31. The van der Waals surface area contributed by atoms with Gasteiger partial charge in [0, 0.05) is 24.2 Å². The molecule has 4 nitrogen and oxygen atoms in total. The standard InChI is InChI=1S/C16H23FN2O2/c1-11(18-14-4-2-3-5-15(14)20)10-16(21)19-13-8-6-12(17)7-9-13/h6-9,11,14-15,18,20H,2-5,10H2,1H3,(H,19,21). The summed E-state index contributed by atoms with van der Waals surface area (Å²) in [7, 11) is 0. The first-order valence-electron chi connectivity index (χ1n) is 7.54. The fraction of sp³-hybridized carbons (Fsp3) is 0.562. The molecule has 1 fully saturated rings. The van der Waals surface area contributed by atoms with E-state index in [0.29, 0.717) is 12.1 Å². The van der Waals surface area contributed by atoms with Crippen LogP contribution in [0, 0.1) is 5.82 Å². The van der Waals surface area contributed by atoms with Crippen molar-refractivity contribution in [2.24, 2.45) is 0 Å². The first kappa shape index (κ1) is 15.9. The molecule has 0 bridgehead atoms. The van der Waals surface area contributed by atoms with E-state index >= 15 is 0 Å². The minimum atomic E-state index is -0.325. The highest BCUT2D eigenvalue weighted by Crippen LogP contribution is 2.19. The van der Waals surface area contributed by atoms with E-state index < -0.39 is 0 Å². The molecule has 1 aromatic rings. The first-order chi connectivity index (χ1) is 10.0.